The largest absolute Gasteiger partial charge is 0.354 e. The number of nitrogens with one attached hydrogen (secondary N) is 1. The summed E-state index contributed by atoms with van der Waals surface area (Å²) in [7, 11) is 0. The highest BCUT2D eigenvalue weighted by molar-refractivity contribution is 5.78. The van der Waals surface area contributed by atoms with Gasteiger partial charge < -0.3 is 11.1 Å². The van der Waals surface area contributed by atoms with Crippen molar-refractivity contribution in [2.45, 2.75) is 25.4 Å². The van der Waals surface area contributed by atoms with Crippen LogP contribution in [0.5, 0.6) is 0 Å². The van der Waals surface area contributed by atoms with E-state index >= 15 is 0 Å². The summed E-state index contributed by atoms with van der Waals surface area (Å²) in [6, 6.07) is 4.07. The molecular weight excluding hydrogens is 228 g/mol. The Morgan fingerprint density at radius 3 is 2.83 bits per heavy atom. The number of piperazine rings is 1. The summed E-state index contributed by atoms with van der Waals surface area (Å²) in [4.78, 5) is 17.7. The first kappa shape index (κ1) is 13.0. The first-order chi connectivity index (χ1) is 8.72. The first-order valence-corrected chi connectivity index (χ1v) is 6.38. The number of carbonyl (C=O) groups is 1. The van der Waals surface area contributed by atoms with Gasteiger partial charge in [0.25, 0.3) is 0 Å². The fourth-order valence-electron chi connectivity index (χ4n) is 2.41. The van der Waals surface area contributed by atoms with Crippen LogP contribution in [0.3, 0.4) is 0 Å². The molecule has 5 nitrogen and oxygen atoms in total. The molecule has 5 heteroatoms. The summed E-state index contributed by atoms with van der Waals surface area (Å²) in [5, 5.41) is 2.84. The third kappa shape index (κ3) is 2.86. The Labute approximate surface area is 107 Å². The van der Waals surface area contributed by atoms with Crippen LogP contribution >= 0.6 is 0 Å². The standard InChI is InChI=1S/C13H20N4O/c1-2-11(14)13(10-3-5-15-6-4-10)17-8-7-16-12(18)9-17/h3-6,11,13H,2,7-9,14H2,1H3,(H,16,18). The fourth-order valence-corrected chi connectivity index (χ4v) is 2.41. The van der Waals surface area contributed by atoms with Gasteiger partial charge in [-0.3, -0.25) is 14.7 Å². The van der Waals surface area contributed by atoms with E-state index < -0.39 is 0 Å². The van der Waals surface area contributed by atoms with Gasteiger partial charge in [-0.1, -0.05) is 6.92 Å². The second kappa shape index (κ2) is 5.93. The Bertz CT molecular complexity index is 395. The van der Waals surface area contributed by atoms with Crippen molar-refractivity contribution in [2.75, 3.05) is 19.6 Å². The van der Waals surface area contributed by atoms with Crippen LogP contribution in [-0.2, 0) is 4.79 Å². The maximum absolute atomic E-state index is 11.5. The number of hydrogen-bond acceptors (Lipinski definition) is 4. The van der Waals surface area contributed by atoms with Crippen molar-refractivity contribution in [3.8, 4) is 0 Å². The normalized spacial score (nSPS) is 20.2. The zero-order valence-corrected chi connectivity index (χ0v) is 10.7. The fraction of sp³-hybridized carbons (Fsp3) is 0.538. The van der Waals surface area contributed by atoms with Crippen LogP contribution in [0.2, 0.25) is 0 Å². The highest BCUT2D eigenvalue weighted by Crippen LogP contribution is 2.24. The molecule has 2 unspecified atom stereocenters. The molecule has 1 aromatic rings. The first-order valence-electron chi connectivity index (χ1n) is 6.38. The molecule has 1 aromatic heterocycles. The van der Waals surface area contributed by atoms with Crippen molar-refractivity contribution in [2.24, 2.45) is 5.73 Å². The van der Waals surface area contributed by atoms with Crippen molar-refractivity contribution >= 4 is 5.91 Å². The van der Waals surface area contributed by atoms with Crippen LogP contribution in [0.15, 0.2) is 24.5 Å². The zero-order chi connectivity index (χ0) is 13.0. The molecule has 3 N–H and O–H groups in total. The lowest BCUT2D eigenvalue weighted by molar-refractivity contribution is -0.125. The van der Waals surface area contributed by atoms with Crippen LogP contribution in [0, 0.1) is 0 Å². The molecule has 1 aliphatic rings. The quantitative estimate of drug-likeness (QED) is 0.803. The van der Waals surface area contributed by atoms with Gasteiger partial charge in [-0.05, 0) is 24.1 Å². The molecule has 1 amide bonds. The van der Waals surface area contributed by atoms with Crippen molar-refractivity contribution in [1.82, 2.24) is 15.2 Å². The molecule has 0 bridgehead atoms. The van der Waals surface area contributed by atoms with Crippen LogP contribution in [0.4, 0.5) is 0 Å². The van der Waals surface area contributed by atoms with Crippen molar-refractivity contribution < 1.29 is 4.79 Å². The van der Waals surface area contributed by atoms with E-state index in [1.165, 1.54) is 0 Å². The maximum Gasteiger partial charge on any atom is 0.234 e. The van der Waals surface area contributed by atoms with Gasteiger partial charge in [0.2, 0.25) is 5.91 Å². The predicted octanol–water partition coefficient (Wildman–Crippen LogP) is 0.292. The monoisotopic (exact) mass is 248 g/mol. The highest BCUT2D eigenvalue weighted by atomic mass is 16.2. The Morgan fingerprint density at radius 1 is 1.50 bits per heavy atom. The Balaban J connectivity index is 2.22. The zero-order valence-electron chi connectivity index (χ0n) is 10.7. The average molecular weight is 248 g/mol. The van der Waals surface area contributed by atoms with E-state index in [-0.39, 0.29) is 18.0 Å². The van der Waals surface area contributed by atoms with Gasteiger partial charge in [0.1, 0.15) is 0 Å². The third-order valence-electron chi connectivity index (χ3n) is 3.39. The lowest BCUT2D eigenvalue weighted by Gasteiger charge is -2.37. The topological polar surface area (TPSA) is 71.2 Å². The molecule has 1 aliphatic heterocycles. The van der Waals surface area contributed by atoms with Crippen molar-refractivity contribution in [3.63, 3.8) is 0 Å². The summed E-state index contributed by atoms with van der Waals surface area (Å²) in [5.41, 5.74) is 7.37. The van der Waals surface area contributed by atoms with Crippen LogP contribution in [-0.4, -0.2) is 41.5 Å². The van der Waals surface area contributed by atoms with Gasteiger partial charge in [0.05, 0.1) is 12.6 Å². The van der Waals surface area contributed by atoms with Gasteiger partial charge in [-0.25, -0.2) is 0 Å². The van der Waals surface area contributed by atoms with E-state index in [0.29, 0.717) is 13.1 Å². The van der Waals surface area contributed by atoms with Crippen LogP contribution in [0.1, 0.15) is 24.9 Å². The van der Waals surface area contributed by atoms with Gasteiger partial charge in [0, 0.05) is 31.5 Å². The molecule has 2 rings (SSSR count). The van der Waals surface area contributed by atoms with E-state index in [9.17, 15) is 4.79 Å². The Kier molecular flexibility index (Phi) is 4.28. The van der Waals surface area contributed by atoms with Gasteiger partial charge in [-0.2, -0.15) is 0 Å². The van der Waals surface area contributed by atoms with Gasteiger partial charge in [0.15, 0.2) is 0 Å². The molecule has 98 valence electrons. The van der Waals surface area contributed by atoms with E-state index in [2.05, 4.69) is 22.1 Å². The number of pyridine rings is 1. The minimum atomic E-state index is 0.0262. The lowest BCUT2D eigenvalue weighted by atomic mass is 9.96. The molecule has 0 aromatic carbocycles. The molecule has 0 saturated carbocycles. The van der Waals surface area contributed by atoms with Gasteiger partial charge in [-0.15, -0.1) is 0 Å². The SMILES string of the molecule is CCC(N)C(c1ccncc1)N1CCNC(=O)C1. The molecule has 0 radical (unpaired) electrons. The van der Waals surface area contributed by atoms with Crippen molar-refractivity contribution in [1.29, 1.82) is 0 Å². The number of carbonyl (C=O) groups excluding carboxylic acids is 1. The third-order valence-corrected chi connectivity index (χ3v) is 3.39. The minimum Gasteiger partial charge on any atom is -0.354 e. The second-order valence-electron chi connectivity index (χ2n) is 4.62. The highest BCUT2D eigenvalue weighted by Gasteiger charge is 2.29. The van der Waals surface area contributed by atoms with Crippen LogP contribution < -0.4 is 11.1 Å². The summed E-state index contributed by atoms with van der Waals surface area (Å²) in [6.45, 7) is 4.02. The van der Waals surface area contributed by atoms with E-state index in [4.69, 9.17) is 5.73 Å². The second-order valence-corrected chi connectivity index (χ2v) is 4.62. The number of hydrogen-bond donors (Lipinski definition) is 2. The number of nitrogens with two attached hydrogens (primary N) is 1. The molecule has 1 fully saturated rings. The maximum atomic E-state index is 11.5. The smallest absolute Gasteiger partial charge is 0.234 e. The molecule has 0 aliphatic carbocycles. The molecule has 1 saturated heterocycles. The Hall–Kier alpha value is -1.46. The van der Waals surface area contributed by atoms with Crippen molar-refractivity contribution in [3.05, 3.63) is 30.1 Å². The summed E-state index contributed by atoms with van der Waals surface area (Å²) >= 11 is 0. The van der Waals surface area contributed by atoms with Gasteiger partial charge >= 0.3 is 0 Å². The van der Waals surface area contributed by atoms with E-state index in [1.54, 1.807) is 12.4 Å². The number of amides is 1. The summed E-state index contributed by atoms with van der Waals surface area (Å²) in [5.74, 6) is 0.0728. The van der Waals surface area contributed by atoms with E-state index in [0.717, 1.165) is 18.5 Å². The summed E-state index contributed by atoms with van der Waals surface area (Å²) < 4.78 is 0. The molecule has 2 atom stereocenters. The van der Waals surface area contributed by atoms with E-state index in [1.807, 2.05) is 12.1 Å². The molecule has 0 spiro atoms. The summed E-state index contributed by atoms with van der Waals surface area (Å²) in [6.07, 6.45) is 4.43. The average Bonchev–Trinajstić information content (AvgIpc) is 2.40. The molecular formula is C13H20N4O. The molecule has 2 heterocycles. The number of rotatable bonds is 4. The lowest BCUT2D eigenvalue weighted by Crippen LogP contribution is -2.52. The number of nitrogens with zero attached hydrogens (tertiary/aromatic N) is 2. The molecule has 18 heavy (non-hydrogen) atoms. The number of aromatic nitrogens is 1. The van der Waals surface area contributed by atoms with Crippen LogP contribution in [0.25, 0.3) is 0 Å². The predicted molar refractivity (Wildman–Crippen MR) is 69.8 cm³/mol. The Morgan fingerprint density at radius 2 is 2.22 bits per heavy atom. The minimum absolute atomic E-state index is 0.0262.